The molecule has 0 saturated carbocycles. The first-order valence-corrected chi connectivity index (χ1v) is 1.78. The standard InChI is InChI=1S/C4H10O/c1-2-3-4-5/h5H,2-4H2,1H3/i4T2. The van der Waals surface area contributed by atoms with Crippen molar-refractivity contribution in [2.45, 2.75) is 19.8 Å². The van der Waals surface area contributed by atoms with Crippen LogP contribution in [-0.4, -0.2) is 11.7 Å². The molecule has 32 valence electrons. The highest BCUT2D eigenvalue weighted by atomic mass is 16.2. The topological polar surface area (TPSA) is 20.2 Å². The van der Waals surface area contributed by atoms with Gasteiger partial charge in [-0.2, -0.15) is 0 Å². The second kappa shape index (κ2) is 3.96. The highest BCUT2D eigenvalue weighted by Crippen LogP contribution is 1.78. The van der Waals surface area contributed by atoms with Gasteiger partial charge in [0.05, 0.1) is 2.74 Å². The van der Waals surface area contributed by atoms with Crippen molar-refractivity contribution in [3.63, 3.8) is 0 Å². The van der Waals surface area contributed by atoms with Gasteiger partial charge in [0.1, 0.15) is 0 Å². The van der Waals surface area contributed by atoms with Gasteiger partial charge in [0.15, 0.2) is 0 Å². The van der Waals surface area contributed by atoms with E-state index in [1.807, 2.05) is 6.92 Å². The second-order valence-corrected chi connectivity index (χ2v) is 0.908. The van der Waals surface area contributed by atoms with Gasteiger partial charge in [-0.15, -0.1) is 0 Å². The first-order valence-electron chi connectivity index (χ1n) is 2.78. The molecule has 5 heavy (non-hydrogen) atoms. The third-order valence-electron chi connectivity index (χ3n) is 0.362. The van der Waals surface area contributed by atoms with E-state index in [-0.39, 0.29) is 6.42 Å². The number of aliphatic hydroxyl groups is 1. The molecule has 0 heterocycles. The van der Waals surface area contributed by atoms with Gasteiger partial charge in [-0.3, -0.25) is 0 Å². The van der Waals surface area contributed by atoms with E-state index in [1.165, 1.54) is 0 Å². The van der Waals surface area contributed by atoms with Crippen LogP contribution in [0.5, 0.6) is 0 Å². The minimum absolute atomic E-state index is 0.229. The Bertz CT molecular complexity index is 48.1. The van der Waals surface area contributed by atoms with Crippen molar-refractivity contribution >= 4 is 0 Å². The van der Waals surface area contributed by atoms with E-state index in [0.717, 1.165) is 0 Å². The monoisotopic (exact) mass is 78.1 g/mol. The van der Waals surface area contributed by atoms with E-state index >= 15 is 0 Å². The molecular weight excluding hydrogens is 64.0 g/mol. The number of rotatable bonds is 2. The zero-order valence-electron chi connectivity index (χ0n) is 5.36. The third kappa shape index (κ3) is 3.96. The molecule has 0 fully saturated rings. The van der Waals surface area contributed by atoms with Gasteiger partial charge < -0.3 is 5.11 Å². The Morgan fingerprint density at radius 1 is 2.00 bits per heavy atom. The summed E-state index contributed by atoms with van der Waals surface area (Å²) in [6.45, 7) is -0.122. The van der Waals surface area contributed by atoms with Crippen LogP contribution in [0.15, 0.2) is 0 Å². The van der Waals surface area contributed by atoms with Crippen molar-refractivity contribution in [2.24, 2.45) is 0 Å². The molecule has 0 bridgehead atoms. The van der Waals surface area contributed by atoms with Gasteiger partial charge in [0.2, 0.25) is 0 Å². The zero-order valence-corrected chi connectivity index (χ0v) is 3.36. The molecule has 0 aromatic rings. The van der Waals surface area contributed by atoms with E-state index in [9.17, 15) is 0 Å². The van der Waals surface area contributed by atoms with E-state index in [2.05, 4.69) is 0 Å². The summed E-state index contributed by atoms with van der Waals surface area (Å²) >= 11 is 0. The molecule has 0 aliphatic rings. The summed E-state index contributed by atoms with van der Waals surface area (Å²) in [6, 6.07) is 0. The molecule has 1 nitrogen and oxygen atoms in total. The highest BCUT2D eigenvalue weighted by Gasteiger charge is 1.69. The fourth-order valence-corrected chi connectivity index (χ4v) is 0.112. The van der Waals surface area contributed by atoms with E-state index in [1.54, 1.807) is 0 Å². The maximum Gasteiger partial charge on any atom is 0.0564 e. The van der Waals surface area contributed by atoms with Gasteiger partial charge in [-0.25, -0.2) is 0 Å². The molecule has 0 amide bonds. The first kappa shape index (κ1) is 2.19. The zero-order chi connectivity index (χ0) is 5.91. The molecule has 0 atom stereocenters. The number of hydrogen-bond donors (Lipinski definition) is 1. The van der Waals surface area contributed by atoms with Crippen LogP contribution < -0.4 is 0 Å². The lowest BCUT2D eigenvalue weighted by molar-refractivity contribution is 0.287. The lowest BCUT2D eigenvalue weighted by Crippen LogP contribution is -1.75. The molecule has 1 N–H and O–H groups in total. The van der Waals surface area contributed by atoms with Gasteiger partial charge in [0, 0.05) is 6.56 Å². The Kier molecular flexibility index (Phi) is 1.73. The Balaban J connectivity index is 3.15. The summed E-state index contributed by atoms with van der Waals surface area (Å²) in [5.41, 5.74) is 0. The lowest BCUT2D eigenvalue weighted by atomic mass is 10.4. The molecular formula is C4H10O. The molecule has 0 aromatic heterocycles. The highest BCUT2D eigenvalue weighted by molar-refractivity contribution is 4.23. The largest absolute Gasteiger partial charge is 0.396 e. The predicted octanol–water partition coefficient (Wildman–Crippen LogP) is 0.779. The van der Waals surface area contributed by atoms with E-state index in [4.69, 9.17) is 7.85 Å². The molecule has 0 rings (SSSR count). The molecule has 0 aliphatic heterocycles. The minimum Gasteiger partial charge on any atom is -0.396 e. The van der Waals surface area contributed by atoms with Crippen LogP contribution in [0, 0.1) is 0 Å². The van der Waals surface area contributed by atoms with Crippen molar-refractivity contribution in [3.8, 4) is 0 Å². The Labute approximate surface area is 35.4 Å². The third-order valence-corrected chi connectivity index (χ3v) is 0.362. The molecule has 0 spiro atoms. The maximum atomic E-state index is 8.35. The van der Waals surface area contributed by atoms with E-state index < -0.39 is 6.56 Å². The van der Waals surface area contributed by atoms with Crippen LogP contribution in [-0.2, 0) is 0 Å². The van der Waals surface area contributed by atoms with Gasteiger partial charge >= 0.3 is 0 Å². The average molecular weight is 78.1 g/mol. The van der Waals surface area contributed by atoms with Crippen molar-refractivity contribution in [1.29, 1.82) is 0 Å². The van der Waals surface area contributed by atoms with Crippen molar-refractivity contribution in [2.75, 3.05) is 6.56 Å². The van der Waals surface area contributed by atoms with Crippen LogP contribution >= 0.6 is 0 Å². The summed E-state index contributed by atoms with van der Waals surface area (Å²) in [6.07, 6.45) is 0.913. The summed E-state index contributed by atoms with van der Waals surface area (Å²) in [5, 5.41) is 8.35. The lowest BCUT2D eigenvalue weighted by Gasteiger charge is -1.79. The van der Waals surface area contributed by atoms with Crippen molar-refractivity contribution < 1.29 is 7.85 Å². The summed E-state index contributed by atoms with van der Waals surface area (Å²) in [5.74, 6) is 0. The van der Waals surface area contributed by atoms with Gasteiger partial charge in [-0.05, 0) is 6.42 Å². The molecule has 0 saturated heterocycles. The van der Waals surface area contributed by atoms with Crippen LogP contribution in [0.4, 0.5) is 0 Å². The molecule has 0 unspecified atom stereocenters. The van der Waals surface area contributed by atoms with E-state index in [0.29, 0.717) is 6.42 Å². The number of hydrogen-bond acceptors (Lipinski definition) is 1. The predicted molar refractivity (Wildman–Crippen MR) is 22.0 cm³/mol. The van der Waals surface area contributed by atoms with Crippen LogP contribution in [0.2, 0.25) is 0 Å². The molecule has 0 radical (unpaired) electrons. The molecule has 0 aromatic carbocycles. The first-order chi connectivity index (χ1) is 3.06. The summed E-state index contributed by atoms with van der Waals surface area (Å²) in [7, 11) is 0. The Morgan fingerprint density at radius 3 is 2.60 bits per heavy atom. The molecule has 0 aliphatic carbocycles. The maximum absolute atomic E-state index is 8.35. The fraction of sp³-hybridized carbons (Fsp3) is 1.00. The summed E-state index contributed by atoms with van der Waals surface area (Å²) in [4.78, 5) is 0. The van der Waals surface area contributed by atoms with Gasteiger partial charge in [0.25, 0.3) is 0 Å². The Morgan fingerprint density at radius 2 is 2.60 bits per heavy atom. The minimum atomic E-state index is -1.95. The van der Waals surface area contributed by atoms with Gasteiger partial charge in [-0.1, -0.05) is 13.3 Å². The van der Waals surface area contributed by atoms with Crippen LogP contribution in [0.1, 0.15) is 22.5 Å². The Hall–Kier alpha value is -0.0400. The molecule has 1 heteroatoms. The average Bonchev–Trinajstić information content (AvgIpc) is 1.30. The fourth-order valence-electron chi connectivity index (χ4n) is 0.112. The SMILES string of the molecule is [3H]C([3H])(O)CCC. The quantitative estimate of drug-likeness (QED) is 0.517. The van der Waals surface area contributed by atoms with Crippen molar-refractivity contribution in [3.05, 3.63) is 0 Å². The smallest absolute Gasteiger partial charge is 0.0564 e. The van der Waals surface area contributed by atoms with Crippen LogP contribution in [0.25, 0.3) is 0 Å². The summed E-state index contributed by atoms with van der Waals surface area (Å²) < 4.78 is 13.1. The van der Waals surface area contributed by atoms with Crippen molar-refractivity contribution in [1.82, 2.24) is 0 Å². The van der Waals surface area contributed by atoms with Crippen LogP contribution in [0.3, 0.4) is 0 Å². The second-order valence-electron chi connectivity index (χ2n) is 0.908. The normalized spacial score (nSPS) is 17.2.